The van der Waals surface area contributed by atoms with Crippen LogP contribution in [-0.2, 0) is 11.3 Å². The van der Waals surface area contributed by atoms with Crippen molar-refractivity contribution >= 4 is 28.9 Å². The molecule has 0 atom stereocenters. The standard InChI is InChI=1S/C23H21ClN4O4S/c1-13-9-14(2)28(27-13)20-8-6-17(24)21(26-20)23(29)32-11-16-12-33-22(25-16)15-5-7-18(30-3)19(10-15)31-4/h5-10,12H,11H2,1-4H3. The van der Waals surface area contributed by atoms with Crippen LogP contribution >= 0.6 is 22.9 Å². The Morgan fingerprint density at radius 1 is 1.06 bits per heavy atom. The second-order valence-electron chi connectivity index (χ2n) is 7.13. The highest BCUT2D eigenvalue weighted by Gasteiger charge is 2.18. The van der Waals surface area contributed by atoms with Gasteiger partial charge in [0.05, 0.1) is 30.6 Å². The topological polar surface area (TPSA) is 88.4 Å². The number of carbonyl (C=O) groups is 1. The van der Waals surface area contributed by atoms with Gasteiger partial charge >= 0.3 is 5.97 Å². The number of thiazole rings is 1. The molecule has 0 aliphatic heterocycles. The van der Waals surface area contributed by atoms with Gasteiger partial charge in [-0.1, -0.05) is 11.6 Å². The summed E-state index contributed by atoms with van der Waals surface area (Å²) in [6, 6.07) is 10.8. The van der Waals surface area contributed by atoms with E-state index in [9.17, 15) is 4.79 Å². The van der Waals surface area contributed by atoms with E-state index in [0.29, 0.717) is 23.0 Å². The molecule has 0 radical (unpaired) electrons. The fraction of sp³-hybridized carbons (Fsp3) is 0.217. The van der Waals surface area contributed by atoms with Crippen molar-refractivity contribution in [3.8, 4) is 27.9 Å². The first kappa shape index (κ1) is 22.8. The zero-order valence-electron chi connectivity index (χ0n) is 18.5. The van der Waals surface area contributed by atoms with Crippen LogP contribution in [0.5, 0.6) is 11.5 Å². The molecule has 0 unspecified atom stereocenters. The summed E-state index contributed by atoms with van der Waals surface area (Å²) in [6.45, 7) is 3.79. The number of ether oxygens (including phenoxy) is 3. The first-order valence-corrected chi connectivity index (χ1v) is 11.2. The molecule has 0 spiro atoms. The van der Waals surface area contributed by atoms with Gasteiger partial charge in [0.1, 0.15) is 11.6 Å². The summed E-state index contributed by atoms with van der Waals surface area (Å²) in [6.07, 6.45) is 0. The molecule has 1 aromatic carbocycles. The number of hydrogen-bond donors (Lipinski definition) is 0. The molecule has 0 aliphatic rings. The van der Waals surface area contributed by atoms with Crippen molar-refractivity contribution in [3.63, 3.8) is 0 Å². The fourth-order valence-corrected chi connectivity index (χ4v) is 4.22. The Bertz CT molecular complexity index is 1320. The first-order valence-electron chi connectivity index (χ1n) is 9.93. The molecular weight excluding hydrogens is 464 g/mol. The minimum absolute atomic E-state index is 0.00916. The van der Waals surface area contributed by atoms with Gasteiger partial charge in [-0.25, -0.2) is 19.4 Å². The number of aryl methyl sites for hydroxylation is 2. The van der Waals surface area contributed by atoms with E-state index in [-0.39, 0.29) is 17.3 Å². The lowest BCUT2D eigenvalue weighted by Gasteiger charge is -2.08. The van der Waals surface area contributed by atoms with Crippen LogP contribution in [0.3, 0.4) is 0 Å². The third-order valence-corrected chi connectivity index (χ3v) is 6.03. The summed E-state index contributed by atoms with van der Waals surface area (Å²) in [4.78, 5) is 21.6. The maximum atomic E-state index is 12.7. The van der Waals surface area contributed by atoms with Crippen molar-refractivity contribution in [3.05, 3.63) is 69.6 Å². The fourth-order valence-electron chi connectivity index (χ4n) is 3.24. The van der Waals surface area contributed by atoms with Gasteiger partial charge in [0, 0.05) is 16.6 Å². The number of rotatable bonds is 7. The van der Waals surface area contributed by atoms with Crippen LogP contribution in [0.15, 0.2) is 41.8 Å². The number of hydrogen-bond acceptors (Lipinski definition) is 8. The van der Waals surface area contributed by atoms with E-state index >= 15 is 0 Å². The van der Waals surface area contributed by atoms with Crippen molar-refractivity contribution in [2.75, 3.05) is 14.2 Å². The molecule has 170 valence electrons. The molecular formula is C23H21ClN4O4S. The van der Waals surface area contributed by atoms with Gasteiger partial charge in [-0.3, -0.25) is 0 Å². The van der Waals surface area contributed by atoms with E-state index in [1.54, 1.807) is 31.0 Å². The van der Waals surface area contributed by atoms with Gasteiger partial charge in [-0.2, -0.15) is 5.10 Å². The Balaban J connectivity index is 1.48. The van der Waals surface area contributed by atoms with Crippen LogP contribution < -0.4 is 9.47 Å². The Hall–Kier alpha value is -3.43. The third-order valence-electron chi connectivity index (χ3n) is 4.78. The minimum Gasteiger partial charge on any atom is -0.493 e. The number of benzene rings is 1. The summed E-state index contributed by atoms with van der Waals surface area (Å²) in [7, 11) is 3.17. The molecule has 4 rings (SSSR count). The number of nitrogens with zero attached hydrogens (tertiary/aromatic N) is 4. The van der Waals surface area contributed by atoms with Gasteiger partial charge in [-0.15, -0.1) is 11.3 Å². The number of methoxy groups -OCH3 is 2. The van der Waals surface area contributed by atoms with E-state index in [0.717, 1.165) is 22.0 Å². The first-order chi connectivity index (χ1) is 15.9. The molecule has 0 fully saturated rings. The third kappa shape index (κ3) is 4.84. The molecule has 0 N–H and O–H groups in total. The normalized spacial score (nSPS) is 10.8. The molecule has 4 aromatic rings. The van der Waals surface area contributed by atoms with Crippen molar-refractivity contribution in [1.29, 1.82) is 0 Å². The summed E-state index contributed by atoms with van der Waals surface area (Å²) >= 11 is 7.65. The van der Waals surface area contributed by atoms with Crippen LogP contribution in [-0.4, -0.2) is 39.9 Å². The Labute approximate surface area is 199 Å². The van der Waals surface area contributed by atoms with E-state index in [1.807, 2.05) is 43.5 Å². The van der Waals surface area contributed by atoms with Crippen molar-refractivity contribution in [2.24, 2.45) is 0 Å². The summed E-state index contributed by atoms with van der Waals surface area (Å²) in [5, 5.41) is 7.20. The quantitative estimate of drug-likeness (QED) is 0.340. The zero-order valence-corrected chi connectivity index (χ0v) is 20.0. The Morgan fingerprint density at radius 3 is 2.55 bits per heavy atom. The molecule has 10 heteroatoms. The van der Waals surface area contributed by atoms with E-state index in [2.05, 4.69) is 15.1 Å². The van der Waals surface area contributed by atoms with Gasteiger partial charge in [0.2, 0.25) is 0 Å². The van der Waals surface area contributed by atoms with Gasteiger partial charge in [-0.05, 0) is 50.2 Å². The molecule has 0 saturated heterocycles. The predicted molar refractivity (Wildman–Crippen MR) is 126 cm³/mol. The molecule has 0 bridgehead atoms. The second kappa shape index (κ2) is 9.60. The monoisotopic (exact) mass is 484 g/mol. The maximum Gasteiger partial charge on any atom is 0.358 e. The highest BCUT2D eigenvalue weighted by Crippen LogP contribution is 2.33. The molecule has 0 amide bonds. The van der Waals surface area contributed by atoms with Crippen LogP contribution in [0, 0.1) is 13.8 Å². The molecule has 3 heterocycles. The average molecular weight is 485 g/mol. The van der Waals surface area contributed by atoms with Crippen LogP contribution in [0.2, 0.25) is 5.02 Å². The molecule has 8 nitrogen and oxygen atoms in total. The smallest absolute Gasteiger partial charge is 0.358 e. The van der Waals surface area contributed by atoms with Crippen LogP contribution in [0.25, 0.3) is 16.4 Å². The van der Waals surface area contributed by atoms with E-state index < -0.39 is 5.97 Å². The number of aromatic nitrogens is 4. The van der Waals surface area contributed by atoms with E-state index in [4.69, 9.17) is 25.8 Å². The Morgan fingerprint density at radius 2 is 1.85 bits per heavy atom. The number of carbonyl (C=O) groups excluding carboxylic acids is 1. The highest BCUT2D eigenvalue weighted by atomic mass is 35.5. The molecule has 3 aromatic heterocycles. The van der Waals surface area contributed by atoms with Crippen molar-refractivity contribution in [2.45, 2.75) is 20.5 Å². The average Bonchev–Trinajstić information content (AvgIpc) is 3.43. The summed E-state index contributed by atoms with van der Waals surface area (Å²) in [5.74, 6) is 1.10. The lowest BCUT2D eigenvalue weighted by atomic mass is 10.2. The summed E-state index contributed by atoms with van der Waals surface area (Å²) in [5.41, 5.74) is 3.26. The number of esters is 1. The zero-order chi connectivity index (χ0) is 23.5. The predicted octanol–water partition coefficient (Wildman–Crippen LogP) is 5.04. The van der Waals surface area contributed by atoms with Gasteiger partial charge < -0.3 is 14.2 Å². The molecule has 33 heavy (non-hydrogen) atoms. The summed E-state index contributed by atoms with van der Waals surface area (Å²) < 4.78 is 17.7. The van der Waals surface area contributed by atoms with Crippen LogP contribution in [0.1, 0.15) is 27.6 Å². The minimum atomic E-state index is -0.635. The van der Waals surface area contributed by atoms with E-state index in [1.165, 1.54) is 11.3 Å². The maximum absolute atomic E-state index is 12.7. The Kier molecular flexibility index (Phi) is 6.62. The molecule has 0 aliphatic carbocycles. The van der Waals surface area contributed by atoms with Crippen molar-refractivity contribution in [1.82, 2.24) is 19.7 Å². The lowest BCUT2D eigenvalue weighted by molar-refractivity contribution is 0.0461. The highest BCUT2D eigenvalue weighted by molar-refractivity contribution is 7.13. The lowest BCUT2D eigenvalue weighted by Crippen LogP contribution is -2.11. The SMILES string of the molecule is COc1ccc(-c2nc(COC(=O)c3nc(-n4nc(C)cc4C)ccc3Cl)cs2)cc1OC. The second-order valence-corrected chi connectivity index (χ2v) is 8.39. The van der Waals surface area contributed by atoms with Gasteiger partial charge in [0.15, 0.2) is 23.0 Å². The number of pyridine rings is 1. The van der Waals surface area contributed by atoms with Crippen LogP contribution in [0.4, 0.5) is 0 Å². The molecule has 0 saturated carbocycles. The largest absolute Gasteiger partial charge is 0.493 e. The van der Waals surface area contributed by atoms with Crippen molar-refractivity contribution < 1.29 is 19.0 Å². The van der Waals surface area contributed by atoms with Gasteiger partial charge in [0.25, 0.3) is 0 Å². The number of halogens is 1.